The fourth-order valence-electron chi connectivity index (χ4n) is 2.20. The lowest BCUT2D eigenvalue weighted by molar-refractivity contribution is 0.421. The molecule has 0 aromatic heterocycles. The Hall–Kier alpha value is -0.610. The number of hydrogen-bond donors (Lipinski definition) is 2. The van der Waals surface area contributed by atoms with Crippen LogP contribution in [0.5, 0.6) is 5.75 Å². The molecule has 4 heteroatoms. The number of aromatic hydroxyl groups is 1. The smallest absolute Gasteiger partial charge is 0.146 e. The van der Waals surface area contributed by atoms with E-state index >= 15 is 0 Å². The SMILES string of the molecule is NC1(c2ccc(O)c(Br)c2F)CCCC1. The van der Waals surface area contributed by atoms with E-state index < -0.39 is 11.4 Å². The third-order valence-corrected chi connectivity index (χ3v) is 3.85. The van der Waals surface area contributed by atoms with Crippen LogP contribution >= 0.6 is 15.9 Å². The van der Waals surface area contributed by atoms with Gasteiger partial charge in [-0.25, -0.2) is 4.39 Å². The van der Waals surface area contributed by atoms with E-state index in [0.29, 0.717) is 5.56 Å². The summed E-state index contributed by atoms with van der Waals surface area (Å²) in [7, 11) is 0. The van der Waals surface area contributed by atoms with Gasteiger partial charge >= 0.3 is 0 Å². The monoisotopic (exact) mass is 273 g/mol. The van der Waals surface area contributed by atoms with Crippen molar-refractivity contribution in [2.45, 2.75) is 31.2 Å². The average Bonchev–Trinajstić information content (AvgIpc) is 2.62. The van der Waals surface area contributed by atoms with Gasteiger partial charge in [0.1, 0.15) is 11.6 Å². The van der Waals surface area contributed by atoms with E-state index in [1.807, 2.05) is 0 Å². The van der Waals surface area contributed by atoms with E-state index in [1.165, 1.54) is 6.07 Å². The molecule has 1 fully saturated rings. The van der Waals surface area contributed by atoms with E-state index in [1.54, 1.807) is 6.07 Å². The first-order chi connectivity index (χ1) is 7.04. The second kappa shape index (κ2) is 3.76. The lowest BCUT2D eigenvalue weighted by Crippen LogP contribution is -2.34. The largest absolute Gasteiger partial charge is 0.507 e. The van der Waals surface area contributed by atoms with E-state index in [0.717, 1.165) is 25.7 Å². The molecule has 2 rings (SSSR count). The maximum atomic E-state index is 13.9. The lowest BCUT2D eigenvalue weighted by Gasteiger charge is -2.25. The Bertz CT molecular complexity index is 388. The quantitative estimate of drug-likeness (QED) is 0.826. The second-order valence-electron chi connectivity index (χ2n) is 4.12. The molecule has 1 aliphatic rings. The van der Waals surface area contributed by atoms with Crippen molar-refractivity contribution in [1.82, 2.24) is 0 Å². The molecule has 0 spiro atoms. The third-order valence-electron chi connectivity index (χ3n) is 3.09. The average molecular weight is 274 g/mol. The molecule has 82 valence electrons. The van der Waals surface area contributed by atoms with Gasteiger partial charge in [-0.05, 0) is 34.8 Å². The van der Waals surface area contributed by atoms with Gasteiger partial charge in [-0.15, -0.1) is 0 Å². The van der Waals surface area contributed by atoms with Crippen LogP contribution in [0.15, 0.2) is 16.6 Å². The Balaban J connectivity index is 2.49. The summed E-state index contributed by atoms with van der Waals surface area (Å²) in [6, 6.07) is 3.07. The fraction of sp³-hybridized carbons (Fsp3) is 0.455. The molecule has 0 radical (unpaired) electrons. The number of halogens is 2. The molecule has 1 aliphatic carbocycles. The molecule has 15 heavy (non-hydrogen) atoms. The minimum absolute atomic E-state index is 0.0853. The molecule has 0 atom stereocenters. The zero-order valence-corrected chi connectivity index (χ0v) is 9.85. The zero-order valence-electron chi connectivity index (χ0n) is 8.26. The van der Waals surface area contributed by atoms with Crippen LogP contribution in [-0.2, 0) is 5.54 Å². The van der Waals surface area contributed by atoms with Gasteiger partial charge in [-0.1, -0.05) is 18.9 Å². The predicted molar refractivity (Wildman–Crippen MR) is 60.1 cm³/mol. The normalized spacial score (nSPS) is 19.4. The van der Waals surface area contributed by atoms with Crippen molar-refractivity contribution >= 4 is 15.9 Å². The number of hydrogen-bond acceptors (Lipinski definition) is 2. The van der Waals surface area contributed by atoms with Gasteiger partial charge < -0.3 is 10.8 Å². The maximum absolute atomic E-state index is 13.9. The highest BCUT2D eigenvalue weighted by atomic mass is 79.9. The highest BCUT2D eigenvalue weighted by Crippen LogP contribution is 2.40. The van der Waals surface area contributed by atoms with Crippen LogP contribution in [0.2, 0.25) is 0 Å². The molecule has 0 unspecified atom stereocenters. The molecular weight excluding hydrogens is 261 g/mol. The molecule has 1 aromatic rings. The van der Waals surface area contributed by atoms with Crippen LogP contribution in [0.3, 0.4) is 0 Å². The summed E-state index contributed by atoms with van der Waals surface area (Å²) in [4.78, 5) is 0. The number of rotatable bonds is 1. The molecular formula is C11H13BrFNO. The van der Waals surface area contributed by atoms with Crippen LogP contribution in [0.4, 0.5) is 4.39 Å². The Labute approximate surface area is 96.4 Å². The summed E-state index contributed by atoms with van der Waals surface area (Å²) >= 11 is 3.02. The van der Waals surface area contributed by atoms with Gasteiger partial charge in [0, 0.05) is 11.1 Å². The van der Waals surface area contributed by atoms with E-state index in [2.05, 4.69) is 15.9 Å². The first-order valence-electron chi connectivity index (χ1n) is 5.01. The summed E-state index contributed by atoms with van der Waals surface area (Å²) in [6.07, 6.45) is 3.69. The van der Waals surface area contributed by atoms with Gasteiger partial charge in [0.2, 0.25) is 0 Å². The maximum Gasteiger partial charge on any atom is 0.146 e. The van der Waals surface area contributed by atoms with Crippen LogP contribution < -0.4 is 5.73 Å². The molecule has 0 amide bonds. The number of nitrogens with two attached hydrogens (primary N) is 1. The summed E-state index contributed by atoms with van der Waals surface area (Å²) < 4.78 is 14.0. The first kappa shape index (κ1) is 10.9. The summed E-state index contributed by atoms with van der Waals surface area (Å²) in [5.74, 6) is -0.516. The lowest BCUT2D eigenvalue weighted by atomic mass is 9.89. The van der Waals surface area contributed by atoms with E-state index in [4.69, 9.17) is 5.73 Å². The summed E-state index contributed by atoms with van der Waals surface area (Å²) in [6.45, 7) is 0. The molecule has 0 heterocycles. The zero-order chi connectivity index (χ0) is 11.1. The number of phenols is 1. The van der Waals surface area contributed by atoms with Crippen molar-refractivity contribution in [2.24, 2.45) is 5.73 Å². The minimum atomic E-state index is -0.555. The highest BCUT2D eigenvalue weighted by molar-refractivity contribution is 9.10. The summed E-state index contributed by atoms with van der Waals surface area (Å²) in [5.41, 5.74) is 6.11. The molecule has 0 saturated heterocycles. The summed E-state index contributed by atoms with van der Waals surface area (Å²) in [5, 5.41) is 9.32. The van der Waals surface area contributed by atoms with Crippen molar-refractivity contribution in [3.8, 4) is 5.75 Å². The number of phenolic OH excluding ortho intramolecular Hbond substituents is 1. The molecule has 0 bridgehead atoms. The van der Waals surface area contributed by atoms with Crippen LogP contribution in [0, 0.1) is 5.82 Å². The topological polar surface area (TPSA) is 46.2 Å². The highest BCUT2D eigenvalue weighted by Gasteiger charge is 2.34. The standard InChI is InChI=1S/C11H13BrFNO/c12-9-8(15)4-3-7(10(9)13)11(14)5-1-2-6-11/h3-4,15H,1-2,5-6,14H2. The minimum Gasteiger partial charge on any atom is -0.507 e. The van der Waals surface area contributed by atoms with Crippen molar-refractivity contribution in [3.05, 3.63) is 28.0 Å². The van der Waals surface area contributed by atoms with Crippen molar-refractivity contribution < 1.29 is 9.50 Å². The Morgan fingerprint density at radius 2 is 1.93 bits per heavy atom. The van der Waals surface area contributed by atoms with Crippen LogP contribution in [0.1, 0.15) is 31.2 Å². The van der Waals surface area contributed by atoms with Gasteiger partial charge in [0.05, 0.1) is 4.47 Å². The Morgan fingerprint density at radius 1 is 1.33 bits per heavy atom. The van der Waals surface area contributed by atoms with Gasteiger partial charge in [0.15, 0.2) is 0 Å². The molecule has 3 N–H and O–H groups in total. The van der Waals surface area contributed by atoms with E-state index in [-0.39, 0.29) is 10.2 Å². The molecule has 1 aromatic carbocycles. The van der Waals surface area contributed by atoms with Crippen molar-refractivity contribution in [3.63, 3.8) is 0 Å². The predicted octanol–water partition coefficient (Wildman–Crippen LogP) is 3.02. The van der Waals surface area contributed by atoms with Crippen molar-refractivity contribution in [2.75, 3.05) is 0 Å². The molecule has 2 nitrogen and oxygen atoms in total. The van der Waals surface area contributed by atoms with E-state index in [9.17, 15) is 9.50 Å². The molecule has 1 saturated carbocycles. The van der Waals surface area contributed by atoms with Crippen LogP contribution in [-0.4, -0.2) is 5.11 Å². The van der Waals surface area contributed by atoms with Gasteiger partial charge in [0.25, 0.3) is 0 Å². The Morgan fingerprint density at radius 3 is 2.53 bits per heavy atom. The van der Waals surface area contributed by atoms with Crippen molar-refractivity contribution in [1.29, 1.82) is 0 Å². The van der Waals surface area contributed by atoms with Gasteiger partial charge in [-0.3, -0.25) is 0 Å². The fourth-order valence-corrected chi connectivity index (χ4v) is 2.54. The first-order valence-corrected chi connectivity index (χ1v) is 5.80. The Kier molecular flexibility index (Phi) is 2.73. The second-order valence-corrected chi connectivity index (χ2v) is 4.92. The number of benzene rings is 1. The van der Waals surface area contributed by atoms with Crippen LogP contribution in [0.25, 0.3) is 0 Å². The third kappa shape index (κ3) is 1.76. The molecule has 0 aliphatic heterocycles. The van der Waals surface area contributed by atoms with Gasteiger partial charge in [-0.2, -0.15) is 0 Å².